The highest BCUT2D eigenvalue weighted by Crippen LogP contribution is 2.26. The van der Waals surface area contributed by atoms with Gasteiger partial charge < -0.3 is 26.0 Å². The molecule has 210 valence electrons. The van der Waals surface area contributed by atoms with Crippen LogP contribution in [0.2, 0.25) is 10.0 Å². The number of aryl methyl sites for hydroxylation is 1. The van der Waals surface area contributed by atoms with E-state index in [9.17, 15) is 14.4 Å². The van der Waals surface area contributed by atoms with Crippen LogP contribution >= 0.6 is 23.2 Å². The topological polar surface area (TPSA) is 140 Å². The predicted molar refractivity (Wildman–Crippen MR) is 148 cm³/mol. The lowest BCUT2D eigenvalue weighted by molar-refractivity contribution is -0.140. The summed E-state index contributed by atoms with van der Waals surface area (Å²) in [5, 5.41) is 6.55. The zero-order valence-electron chi connectivity index (χ0n) is 22.3. The molecule has 1 saturated heterocycles. The van der Waals surface area contributed by atoms with Crippen LogP contribution in [0.1, 0.15) is 56.9 Å². The van der Waals surface area contributed by atoms with Crippen molar-refractivity contribution in [3.05, 3.63) is 51.3 Å². The Hall–Kier alpha value is -3.11. The normalized spacial score (nSPS) is 19.7. The monoisotopic (exact) mass is 576 g/mol. The van der Waals surface area contributed by atoms with Crippen molar-refractivity contribution >= 4 is 47.1 Å². The number of benzene rings is 1. The fraction of sp³-hybridized carbons (Fsp3) is 0.519. The molecule has 1 aromatic heterocycles. The van der Waals surface area contributed by atoms with Crippen molar-refractivity contribution in [2.24, 2.45) is 0 Å². The molecule has 0 radical (unpaired) electrons. The lowest BCUT2D eigenvalue weighted by atomic mass is 9.92. The van der Waals surface area contributed by atoms with Gasteiger partial charge in [-0.1, -0.05) is 29.3 Å². The zero-order valence-corrected chi connectivity index (χ0v) is 23.8. The van der Waals surface area contributed by atoms with Gasteiger partial charge in [0, 0.05) is 30.9 Å². The van der Waals surface area contributed by atoms with E-state index >= 15 is 0 Å². The third-order valence-corrected chi connectivity index (χ3v) is 7.51. The van der Waals surface area contributed by atoms with Gasteiger partial charge in [0.1, 0.15) is 17.7 Å². The number of hydrogen-bond donors (Lipinski definition) is 3. The third-order valence-electron chi connectivity index (χ3n) is 6.77. The summed E-state index contributed by atoms with van der Waals surface area (Å²) in [4.78, 5) is 49.7. The molecule has 2 aromatic rings. The van der Waals surface area contributed by atoms with E-state index in [4.69, 9.17) is 33.7 Å². The molecule has 1 aliphatic carbocycles. The van der Waals surface area contributed by atoms with Gasteiger partial charge >= 0.3 is 6.09 Å². The van der Waals surface area contributed by atoms with Crippen molar-refractivity contribution in [3.8, 4) is 0 Å². The van der Waals surface area contributed by atoms with E-state index in [1.807, 2.05) is 0 Å². The van der Waals surface area contributed by atoms with Gasteiger partial charge in [0.25, 0.3) is 0 Å². The number of nitrogens with two attached hydrogens (primary N) is 1. The molecule has 1 aliphatic heterocycles. The van der Waals surface area contributed by atoms with Gasteiger partial charge in [0.05, 0.1) is 10.0 Å². The molecule has 1 aromatic carbocycles. The Morgan fingerprint density at radius 1 is 1.21 bits per heavy atom. The zero-order chi connectivity index (χ0) is 28.3. The smallest absolute Gasteiger partial charge is 0.408 e. The van der Waals surface area contributed by atoms with Gasteiger partial charge in [-0.05, 0) is 76.1 Å². The molecule has 10 nitrogen and oxygen atoms in total. The number of nitrogens with one attached hydrogen (secondary N) is 2. The predicted octanol–water partition coefficient (Wildman–Crippen LogP) is 3.47. The number of nitrogens with zero attached hydrogens (tertiary/aromatic N) is 3. The number of nitrogen functional groups attached to an aromatic ring is 1. The average Bonchev–Trinajstić information content (AvgIpc) is 3.34. The molecule has 1 fully saturated rings. The quantitative estimate of drug-likeness (QED) is 0.478. The molecule has 3 amide bonds. The molecule has 0 bridgehead atoms. The first kappa shape index (κ1) is 28.9. The minimum atomic E-state index is -0.963. The maximum absolute atomic E-state index is 13.8. The average molecular weight is 578 g/mol. The number of amides is 3. The number of anilines is 1. The van der Waals surface area contributed by atoms with Crippen molar-refractivity contribution in [2.75, 3.05) is 12.3 Å². The van der Waals surface area contributed by atoms with Crippen LogP contribution in [0.15, 0.2) is 24.4 Å². The molecule has 4 N–H and O–H groups in total. The first-order valence-electron chi connectivity index (χ1n) is 13.0. The summed E-state index contributed by atoms with van der Waals surface area (Å²) in [5.74, 6) is -0.328. The van der Waals surface area contributed by atoms with E-state index < -0.39 is 23.8 Å². The highest BCUT2D eigenvalue weighted by atomic mass is 35.5. The molecule has 4 rings (SSSR count). The lowest BCUT2D eigenvalue weighted by Gasteiger charge is -2.31. The molecule has 0 saturated carbocycles. The van der Waals surface area contributed by atoms with Gasteiger partial charge in [0.15, 0.2) is 0 Å². The van der Waals surface area contributed by atoms with Gasteiger partial charge in [-0.15, -0.1) is 0 Å². The van der Waals surface area contributed by atoms with Crippen LogP contribution in [0.5, 0.6) is 0 Å². The summed E-state index contributed by atoms with van der Waals surface area (Å²) in [6.07, 6.45) is 4.36. The van der Waals surface area contributed by atoms with E-state index in [-0.39, 0.29) is 30.2 Å². The fourth-order valence-electron chi connectivity index (χ4n) is 5.00. The maximum Gasteiger partial charge on any atom is 0.408 e. The fourth-order valence-corrected chi connectivity index (χ4v) is 5.32. The van der Waals surface area contributed by atoms with Crippen LogP contribution in [0, 0.1) is 0 Å². The second kappa shape index (κ2) is 12.0. The van der Waals surface area contributed by atoms with Gasteiger partial charge in [-0.25, -0.2) is 14.8 Å². The number of alkyl carbamates (subject to hydrolysis) is 1. The summed E-state index contributed by atoms with van der Waals surface area (Å²) >= 11 is 12.2. The first-order valence-corrected chi connectivity index (χ1v) is 13.8. The molecular formula is C27H34Cl2N6O4. The van der Waals surface area contributed by atoms with Crippen molar-refractivity contribution < 1.29 is 19.1 Å². The number of hydrogen-bond acceptors (Lipinski definition) is 7. The summed E-state index contributed by atoms with van der Waals surface area (Å²) in [7, 11) is 0. The van der Waals surface area contributed by atoms with Crippen LogP contribution in [0.4, 0.5) is 10.7 Å². The van der Waals surface area contributed by atoms with E-state index in [2.05, 4.69) is 20.6 Å². The number of ether oxygens (including phenoxy) is 1. The van der Waals surface area contributed by atoms with E-state index in [0.29, 0.717) is 47.8 Å². The SMILES string of the molecule is CC(C)(C)OC(=O)N[C@H](Cc1ccc(Cl)c(Cl)c1)C(=O)N1CCC[C@H]1C(=O)NC1CCc2nc(N)ncc2C1. The summed E-state index contributed by atoms with van der Waals surface area (Å²) in [6.45, 7) is 5.64. The molecular weight excluding hydrogens is 543 g/mol. The Balaban J connectivity index is 1.47. The number of carbonyl (C=O) groups excluding carboxylic acids is 3. The van der Waals surface area contributed by atoms with Crippen LogP contribution in [0.25, 0.3) is 0 Å². The molecule has 2 heterocycles. The standard InChI is InChI=1S/C27H34Cl2N6O4/c1-27(2,3)39-26(38)34-21(12-15-6-8-18(28)19(29)11-15)24(37)35-10-4-5-22(35)23(36)32-17-7-9-20-16(13-17)14-31-25(30)33-20/h6,8,11,14,17,21-22H,4-5,7,9-10,12-13H2,1-3H3,(H,32,36)(H,34,38)(H2,30,31,33)/t17?,21-,22+/m1/s1. The Bertz CT molecular complexity index is 1250. The number of likely N-dealkylation sites (tertiary alicyclic amines) is 1. The van der Waals surface area contributed by atoms with Gasteiger partial charge in [0.2, 0.25) is 17.8 Å². The molecule has 0 spiro atoms. The summed E-state index contributed by atoms with van der Waals surface area (Å²) < 4.78 is 5.41. The van der Waals surface area contributed by atoms with Crippen molar-refractivity contribution in [3.63, 3.8) is 0 Å². The Kier molecular flexibility index (Phi) is 8.86. The molecule has 2 aliphatic rings. The van der Waals surface area contributed by atoms with E-state index in [1.54, 1.807) is 50.1 Å². The van der Waals surface area contributed by atoms with Crippen LogP contribution in [0.3, 0.4) is 0 Å². The van der Waals surface area contributed by atoms with E-state index in [0.717, 1.165) is 17.7 Å². The Morgan fingerprint density at radius 3 is 2.69 bits per heavy atom. The summed E-state index contributed by atoms with van der Waals surface area (Å²) in [5.41, 5.74) is 7.53. The van der Waals surface area contributed by atoms with Crippen molar-refractivity contribution in [1.82, 2.24) is 25.5 Å². The maximum atomic E-state index is 13.8. The van der Waals surface area contributed by atoms with Gasteiger partial charge in [-0.2, -0.15) is 0 Å². The lowest BCUT2D eigenvalue weighted by Crippen LogP contribution is -2.55. The molecule has 3 atom stereocenters. The number of carbonyl (C=O) groups is 3. The van der Waals surface area contributed by atoms with Crippen LogP contribution in [-0.4, -0.2) is 63.0 Å². The molecule has 39 heavy (non-hydrogen) atoms. The number of rotatable bonds is 6. The number of fused-ring (bicyclic) bond motifs is 1. The van der Waals surface area contributed by atoms with Crippen LogP contribution < -0.4 is 16.4 Å². The van der Waals surface area contributed by atoms with Crippen molar-refractivity contribution in [2.45, 2.75) is 83.0 Å². The molecule has 1 unspecified atom stereocenters. The number of aromatic nitrogens is 2. The Morgan fingerprint density at radius 2 is 1.97 bits per heavy atom. The first-order chi connectivity index (χ1) is 18.4. The summed E-state index contributed by atoms with van der Waals surface area (Å²) in [6, 6.07) is 3.35. The minimum Gasteiger partial charge on any atom is -0.444 e. The Labute approximate surface area is 238 Å². The largest absolute Gasteiger partial charge is 0.444 e. The highest BCUT2D eigenvalue weighted by Gasteiger charge is 2.39. The minimum absolute atomic E-state index is 0.0957. The third kappa shape index (κ3) is 7.51. The number of halogens is 2. The second-order valence-electron chi connectivity index (χ2n) is 11.0. The van der Waals surface area contributed by atoms with Crippen molar-refractivity contribution in [1.29, 1.82) is 0 Å². The van der Waals surface area contributed by atoms with Gasteiger partial charge in [-0.3, -0.25) is 9.59 Å². The highest BCUT2D eigenvalue weighted by molar-refractivity contribution is 6.42. The molecule has 12 heteroatoms. The second-order valence-corrected chi connectivity index (χ2v) is 11.8. The van der Waals surface area contributed by atoms with Crippen LogP contribution in [-0.2, 0) is 33.6 Å². The van der Waals surface area contributed by atoms with E-state index in [1.165, 1.54) is 0 Å².